The summed E-state index contributed by atoms with van der Waals surface area (Å²) in [5.74, 6) is 0.0532. The Labute approximate surface area is 123 Å². The first-order valence-electron chi connectivity index (χ1n) is 7.09. The van der Waals surface area contributed by atoms with Gasteiger partial charge in [-0.1, -0.05) is 0 Å². The molecule has 0 unspecified atom stereocenters. The number of pyridine rings is 1. The van der Waals surface area contributed by atoms with Crippen LogP contribution in [0.15, 0.2) is 30.9 Å². The number of hydrogen-bond donors (Lipinski definition) is 1. The number of nitrogens with zero attached hydrogens (tertiary/aromatic N) is 4. The molecule has 1 aliphatic rings. The first kappa shape index (κ1) is 13.8. The summed E-state index contributed by atoms with van der Waals surface area (Å²) < 4.78 is 2.04. The minimum atomic E-state index is 0.0532. The number of aromatic nitrogens is 3. The molecular formula is C15H19N5O. The Hall–Kier alpha value is -2.21. The number of carbonyl (C=O) groups excluding carboxylic acids is 1. The fraction of sp³-hybridized carbons (Fsp3) is 0.400. The maximum absolute atomic E-state index is 12.0. The predicted octanol–water partition coefficient (Wildman–Crippen LogP) is 0.490. The van der Waals surface area contributed by atoms with Crippen molar-refractivity contribution in [2.45, 2.75) is 19.5 Å². The van der Waals surface area contributed by atoms with Crippen LogP contribution in [0, 0.1) is 0 Å². The summed E-state index contributed by atoms with van der Waals surface area (Å²) in [6.07, 6.45) is 6.22. The molecule has 1 aliphatic heterocycles. The highest BCUT2D eigenvalue weighted by molar-refractivity contribution is 5.78. The summed E-state index contributed by atoms with van der Waals surface area (Å²) in [6.45, 7) is 2.64. The zero-order chi connectivity index (χ0) is 14.7. The number of carbonyl (C=O) groups is 1. The molecule has 0 bridgehead atoms. The van der Waals surface area contributed by atoms with E-state index < -0.39 is 0 Å². The summed E-state index contributed by atoms with van der Waals surface area (Å²) in [7, 11) is 2.00. The van der Waals surface area contributed by atoms with Gasteiger partial charge in [-0.05, 0) is 17.7 Å². The monoisotopic (exact) mass is 285 g/mol. The van der Waals surface area contributed by atoms with Gasteiger partial charge in [-0.3, -0.25) is 14.7 Å². The quantitative estimate of drug-likeness (QED) is 0.888. The molecule has 0 radical (unpaired) electrons. The lowest BCUT2D eigenvalue weighted by Gasteiger charge is -2.26. The van der Waals surface area contributed by atoms with Gasteiger partial charge >= 0.3 is 0 Å². The van der Waals surface area contributed by atoms with Gasteiger partial charge in [0.1, 0.15) is 0 Å². The van der Waals surface area contributed by atoms with E-state index in [0.29, 0.717) is 13.1 Å². The van der Waals surface area contributed by atoms with Gasteiger partial charge in [-0.2, -0.15) is 0 Å². The minimum absolute atomic E-state index is 0.0532. The SMILES string of the molecule is Cn1cnc2c1CN(CC(=O)NCc1ccncc1)CC2. The fourth-order valence-electron chi connectivity index (χ4n) is 2.57. The number of imidazole rings is 1. The Kier molecular flexibility index (Phi) is 3.96. The third-order valence-corrected chi connectivity index (χ3v) is 3.79. The minimum Gasteiger partial charge on any atom is -0.351 e. The molecule has 2 aromatic rings. The van der Waals surface area contributed by atoms with Crippen LogP contribution < -0.4 is 5.32 Å². The fourth-order valence-corrected chi connectivity index (χ4v) is 2.57. The highest BCUT2D eigenvalue weighted by Crippen LogP contribution is 2.16. The van der Waals surface area contributed by atoms with E-state index in [1.54, 1.807) is 12.4 Å². The molecule has 0 aromatic carbocycles. The van der Waals surface area contributed by atoms with Gasteiger partial charge in [-0.25, -0.2) is 4.98 Å². The van der Waals surface area contributed by atoms with Crippen molar-refractivity contribution in [3.8, 4) is 0 Å². The molecular weight excluding hydrogens is 266 g/mol. The Balaban J connectivity index is 1.51. The second kappa shape index (κ2) is 6.05. The van der Waals surface area contributed by atoms with Crippen molar-refractivity contribution in [1.29, 1.82) is 0 Å². The second-order valence-electron chi connectivity index (χ2n) is 5.34. The smallest absolute Gasteiger partial charge is 0.234 e. The highest BCUT2D eigenvalue weighted by Gasteiger charge is 2.21. The van der Waals surface area contributed by atoms with Crippen LogP contribution in [0.1, 0.15) is 17.0 Å². The van der Waals surface area contributed by atoms with E-state index in [-0.39, 0.29) is 5.91 Å². The van der Waals surface area contributed by atoms with Crippen LogP contribution in [0.3, 0.4) is 0 Å². The summed E-state index contributed by atoms with van der Waals surface area (Å²) in [6, 6.07) is 3.81. The molecule has 1 amide bonds. The Bertz CT molecular complexity index is 622. The Morgan fingerprint density at radius 2 is 2.19 bits per heavy atom. The molecule has 0 saturated carbocycles. The van der Waals surface area contributed by atoms with Gasteiger partial charge in [0.2, 0.25) is 5.91 Å². The molecule has 3 rings (SSSR count). The average Bonchev–Trinajstić information content (AvgIpc) is 2.87. The van der Waals surface area contributed by atoms with Crippen LogP contribution in [-0.2, 0) is 31.4 Å². The first-order chi connectivity index (χ1) is 10.2. The van der Waals surface area contributed by atoms with Crippen molar-refractivity contribution in [2.75, 3.05) is 13.1 Å². The normalized spacial score (nSPS) is 14.7. The summed E-state index contributed by atoms with van der Waals surface area (Å²) in [5, 5.41) is 2.95. The van der Waals surface area contributed by atoms with Crippen molar-refractivity contribution in [2.24, 2.45) is 7.05 Å². The van der Waals surface area contributed by atoms with Crippen LogP contribution in [0.4, 0.5) is 0 Å². The number of amides is 1. The molecule has 0 fully saturated rings. The first-order valence-corrected chi connectivity index (χ1v) is 7.09. The molecule has 3 heterocycles. The number of nitrogens with one attached hydrogen (secondary N) is 1. The lowest BCUT2D eigenvalue weighted by Crippen LogP contribution is -2.40. The van der Waals surface area contributed by atoms with Crippen molar-refractivity contribution < 1.29 is 4.79 Å². The largest absolute Gasteiger partial charge is 0.351 e. The van der Waals surface area contributed by atoms with Crippen LogP contribution >= 0.6 is 0 Å². The van der Waals surface area contributed by atoms with Crippen molar-refractivity contribution in [1.82, 2.24) is 24.8 Å². The van der Waals surface area contributed by atoms with Gasteiger partial charge in [0, 0.05) is 45.5 Å². The summed E-state index contributed by atoms with van der Waals surface area (Å²) >= 11 is 0. The predicted molar refractivity (Wildman–Crippen MR) is 78.3 cm³/mol. The zero-order valence-electron chi connectivity index (χ0n) is 12.1. The maximum atomic E-state index is 12.0. The molecule has 2 aromatic heterocycles. The lowest BCUT2D eigenvalue weighted by molar-refractivity contribution is -0.122. The van der Waals surface area contributed by atoms with Crippen LogP contribution in [-0.4, -0.2) is 38.4 Å². The van der Waals surface area contributed by atoms with Crippen LogP contribution in [0.2, 0.25) is 0 Å². The zero-order valence-corrected chi connectivity index (χ0v) is 12.1. The number of aryl methyl sites for hydroxylation is 1. The van der Waals surface area contributed by atoms with Crippen LogP contribution in [0.5, 0.6) is 0 Å². The van der Waals surface area contributed by atoms with E-state index >= 15 is 0 Å². The number of fused-ring (bicyclic) bond motifs is 1. The molecule has 110 valence electrons. The topological polar surface area (TPSA) is 63.1 Å². The Morgan fingerprint density at radius 1 is 1.38 bits per heavy atom. The van der Waals surface area contributed by atoms with Gasteiger partial charge in [0.15, 0.2) is 0 Å². The maximum Gasteiger partial charge on any atom is 0.234 e. The second-order valence-corrected chi connectivity index (χ2v) is 5.34. The molecule has 0 saturated heterocycles. The van der Waals surface area contributed by atoms with E-state index in [2.05, 4.69) is 20.2 Å². The molecule has 6 nitrogen and oxygen atoms in total. The Morgan fingerprint density at radius 3 is 3.00 bits per heavy atom. The van der Waals surface area contributed by atoms with E-state index in [9.17, 15) is 4.79 Å². The summed E-state index contributed by atoms with van der Waals surface area (Å²) in [5.41, 5.74) is 3.43. The molecule has 0 aliphatic carbocycles. The molecule has 0 atom stereocenters. The molecule has 0 spiro atoms. The molecule has 6 heteroatoms. The third-order valence-electron chi connectivity index (χ3n) is 3.79. The van der Waals surface area contributed by atoms with Crippen molar-refractivity contribution >= 4 is 5.91 Å². The molecule has 21 heavy (non-hydrogen) atoms. The van der Waals surface area contributed by atoms with Gasteiger partial charge in [0.25, 0.3) is 0 Å². The highest BCUT2D eigenvalue weighted by atomic mass is 16.2. The lowest BCUT2D eigenvalue weighted by atomic mass is 10.1. The molecule has 1 N–H and O–H groups in total. The van der Waals surface area contributed by atoms with Gasteiger partial charge in [-0.15, -0.1) is 0 Å². The standard InChI is InChI=1S/C15H19N5O/c1-19-11-18-13-4-7-20(9-14(13)19)10-15(21)17-8-12-2-5-16-6-3-12/h2-3,5-6,11H,4,7-10H2,1H3,(H,17,21). The van der Waals surface area contributed by atoms with Gasteiger partial charge < -0.3 is 9.88 Å². The van der Waals surface area contributed by atoms with E-state index in [4.69, 9.17) is 0 Å². The number of hydrogen-bond acceptors (Lipinski definition) is 4. The van der Waals surface area contributed by atoms with E-state index in [0.717, 1.165) is 30.8 Å². The number of rotatable bonds is 4. The van der Waals surface area contributed by atoms with Crippen molar-refractivity contribution in [3.05, 3.63) is 47.8 Å². The van der Waals surface area contributed by atoms with Crippen molar-refractivity contribution in [3.63, 3.8) is 0 Å². The van der Waals surface area contributed by atoms with E-state index in [1.807, 2.05) is 30.1 Å². The van der Waals surface area contributed by atoms with Crippen LogP contribution in [0.25, 0.3) is 0 Å². The van der Waals surface area contributed by atoms with E-state index in [1.165, 1.54) is 5.69 Å². The van der Waals surface area contributed by atoms with Gasteiger partial charge in [0.05, 0.1) is 24.3 Å². The average molecular weight is 285 g/mol. The summed E-state index contributed by atoms with van der Waals surface area (Å²) in [4.78, 5) is 22.5. The third kappa shape index (κ3) is 3.28.